The normalized spacial score (nSPS) is 19.0. The van der Waals surface area contributed by atoms with Gasteiger partial charge in [0.05, 0.1) is 0 Å². The van der Waals surface area contributed by atoms with Crippen LogP contribution >= 0.6 is 24.0 Å². The molecule has 2 aromatic rings. The molecule has 6 nitrogen and oxygen atoms in total. The molecule has 2 N–H and O–H groups in total. The van der Waals surface area contributed by atoms with E-state index in [2.05, 4.69) is 82.8 Å². The van der Waals surface area contributed by atoms with Crippen LogP contribution in [0.4, 0.5) is 0 Å². The molecule has 0 bridgehead atoms. The van der Waals surface area contributed by atoms with Gasteiger partial charge in [0.15, 0.2) is 5.96 Å². The Morgan fingerprint density at radius 2 is 1.84 bits per heavy atom. The van der Waals surface area contributed by atoms with Gasteiger partial charge in [0.1, 0.15) is 12.4 Å². The molecule has 0 spiro atoms. The Bertz CT molecular complexity index is 830. The lowest BCUT2D eigenvalue weighted by molar-refractivity contribution is 0.258. The molecule has 1 saturated heterocycles. The highest BCUT2D eigenvalue weighted by Gasteiger charge is 2.29. The number of guanidine groups is 1. The van der Waals surface area contributed by atoms with Crippen molar-refractivity contribution >= 4 is 29.9 Å². The van der Waals surface area contributed by atoms with Crippen LogP contribution in [0.25, 0.3) is 0 Å². The molecule has 176 valence electrons. The van der Waals surface area contributed by atoms with Crippen LogP contribution in [-0.4, -0.2) is 68.7 Å². The second-order valence-electron chi connectivity index (χ2n) is 8.53. The average Bonchev–Trinajstić information content (AvgIpc) is 3.11. The Balaban J connectivity index is 0.00000363. The van der Waals surface area contributed by atoms with Crippen molar-refractivity contribution in [3.05, 3.63) is 65.7 Å². The molecule has 0 radical (unpaired) electrons. The van der Waals surface area contributed by atoms with E-state index in [1.165, 1.54) is 5.56 Å². The predicted octanol–water partition coefficient (Wildman–Crippen LogP) is 3.57. The van der Waals surface area contributed by atoms with Crippen molar-refractivity contribution < 1.29 is 4.74 Å². The molecule has 1 fully saturated rings. The van der Waals surface area contributed by atoms with Gasteiger partial charge < -0.3 is 20.3 Å². The van der Waals surface area contributed by atoms with Gasteiger partial charge in [0.25, 0.3) is 0 Å². The van der Waals surface area contributed by atoms with E-state index in [0.717, 1.165) is 43.3 Å². The van der Waals surface area contributed by atoms with Gasteiger partial charge in [-0.2, -0.15) is 0 Å². The summed E-state index contributed by atoms with van der Waals surface area (Å²) in [5.74, 6) is 1.76. The first kappa shape index (κ1) is 26.4. The zero-order chi connectivity index (χ0) is 22.1. The van der Waals surface area contributed by atoms with E-state index in [1.54, 1.807) is 0 Å². The number of hydrogen-bond acceptors (Lipinski definition) is 4. The molecule has 7 heteroatoms. The van der Waals surface area contributed by atoms with Crippen molar-refractivity contribution in [3.8, 4) is 5.75 Å². The van der Waals surface area contributed by atoms with Crippen molar-refractivity contribution in [1.82, 2.24) is 20.4 Å². The van der Waals surface area contributed by atoms with Gasteiger partial charge in [-0.3, -0.25) is 9.89 Å². The highest BCUT2D eigenvalue weighted by molar-refractivity contribution is 14.0. The average molecular weight is 552 g/mol. The minimum absolute atomic E-state index is 0. The SMILES string of the molecule is CN=C(NCc1ccccc1OCCN(C)C)NC1CC(C)N(Cc2ccccc2)C1.I. The van der Waals surface area contributed by atoms with Crippen LogP contribution in [0.1, 0.15) is 24.5 Å². The lowest BCUT2D eigenvalue weighted by Gasteiger charge is -2.21. The maximum Gasteiger partial charge on any atom is 0.191 e. The van der Waals surface area contributed by atoms with Gasteiger partial charge in [-0.1, -0.05) is 48.5 Å². The molecule has 32 heavy (non-hydrogen) atoms. The lowest BCUT2D eigenvalue weighted by atomic mass is 10.2. The standard InChI is InChI=1S/C25H37N5O.HI/c1-20-16-23(19-30(20)18-21-10-6-5-7-11-21)28-25(26-2)27-17-22-12-8-9-13-24(22)31-15-14-29(3)4;/h5-13,20,23H,14-19H2,1-4H3,(H2,26,27,28);1H. The fourth-order valence-corrected chi connectivity index (χ4v) is 3.94. The molecule has 1 aliphatic rings. The molecular weight excluding hydrogens is 513 g/mol. The zero-order valence-electron chi connectivity index (χ0n) is 19.8. The molecule has 0 aliphatic carbocycles. The minimum Gasteiger partial charge on any atom is -0.492 e. The highest BCUT2D eigenvalue weighted by Crippen LogP contribution is 2.21. The number of halogens is 1. The van der Waals surface area contributed by atoms with Gasteiger partial charge in [0.2, 0.25) is 0 Å². The van der Waals surface area contributed by atoms with Crippen molar-refractivity contribution in [1.29, 1.82) is 0 Å². The third kappa shape index (κ3) is 8.26. The van der Waals surface area contributed by atoms with Crippen LogP contribution in [0.15, 0.2) is 59.6 Å². The molecule has 2 aromatic carbocycles. The monoisotopic (exact) mass is 551 g/mol. The Morgan fingerprint density at radius 3 is 2.56 bits per heavy atom. The summed E-state index contributed by atoms with van der Waals surface area (Å²) in [7, 11) is 5.93. The van der Waals surface area contributed by atoms with Crippen LogP contribution in [0.5, 0.6) is 5.75 Å². The number of rotatable bonds is 9. The minimum atomic E-state index is 0. The number of nitrogens with one attached hydrogen (secondary N) is 2. The Labute approximate surface area is 210 Å². The summed E-state index contributed by atoms with van der Waals surface area (Å²) >= 11 is 0. The van der Waals surface area contributed by atoms with Crippen molar-refractivity contribution in [2.24, 2.45) is 4.99 Å². The van der Waals surface area contributed by atoms with Gasteiger partial charge in [-0.25, -0.2) is 0 Å². The Morgan fingerprint density at radius 1 is 1.12 bits per heavy atom. The summed E-state index contributed by atoms with van der Waals surface area (Å²) in [6.07, 6.45) is 1.11. The van der Waals surface area contributed by atoms with Crippen molar-refractivity contribution in [2.45, 2.75) is 38.5 Å². The number of likely N-dealkylation sites (tertiary alicyclic amines) is 1. The van der Waals surface area contributed by atoms with Crippen molar-refractivity contribution in [2.75, 3.05) is 40.8 Å². The fraction of sp³-hybridized carbons (Fsp3) is 0.480. The summed E-state index contributed by atoms with van der Waals surface area (Å²) in [6, 6.07) is 19.8. The van der Waals surface area contributed by atoms with Crippen LogP contribution in [0.2, 0.25) is 0 Å². The first-order valence-corrected chi connectivity index (χ1v) is 11.2. The molecular formula is C25H38IN5O. The molecule has 0 aromatic heterocycles. The lowest BCUT2D eigenvalue weighted by Crippen LogP contribution is -2.44. The van der Waals surface area contributed by atoms with Crippen molar-refractivity contribution in [3.63, 3.8) is 0 Å². The van der Waals surface area contributed by atoms with Crippen LogP contribution in [-0.2, 0) is 13.1 Å². The van der Waals surface area contributed by atoms with E-state index >= 15 is 0 Å². The molecule has 0 amide bonds. The van der Waals surface area contributed by atoms with E-state index in [-0.39, 0.29) is 24.0 Å². The Kier molecular flexibility index (Phi) is 11.3. The quantitative estimate of drug-likeness (QED) is 0.284. The molecule has 2 unspecified atom stereocenters. The second-order valence-corrected chi connectivity index (χ2v) is 8.53. The third-order valence-electron chi connectivity index (χ3n) is 5.71. The number of para-hydroxylation sites is 1. The van der Waals surface area contributed by atoms with E-state index in [9.17, 15) is 0 Å². The first-order chi connectivity index (χ1) is 15.0. The largest absolute Gasteiger partial charge is 0.492 e. The summed E-state index contributed by atoms with van der Waals surface area (Å²) in [4.78, 5) is 9.10. The Hall–Kier alpha value is -1.84. The molecule has 3 rings (SSSR count). The smallest absolute Gasteiger partial charge is 0.191 e. The number of benzene rings is 2. The number of nitrogens with zero attached hydrogens (tertiary/aromatic N) is 3. The van der Waals surface area contributed by atoms with Gasteiger partial charge >= 0.3 is 0 Å². The zero-order valence-corrected chi connectivity index (χ0v) is 22.1. The molecule has 1 aliphatic heterocycles. The topological polar surface area (TPSA) is 52.1 Å². The van der Waals surface area contributed by atoms with E-state index in [0.29, 0.717) is 25.2 Å². The predicted molar refractivity (Wildman–Crippen MR) is 144 cm³/mol. The highest BCUT2D eigenvalue weighted by atomic mass is 127. The van der Waals surface area contributed by atoms with E-state index in [1.807, 2.05) is 25.2 Å². The number of ether oxygens (including phenoxy) is 1. The van der Waals surface area contributed by atoms with E-state index < -0.39 is 0 Å². The summed E-state index contributed by atoms with van der Waals surface area (Å²) in [5, 5.41) is 7.07. The summed E-state index contributed by atoms with van der Waals surface area (Å²) < 4.78 is 5.98. The molecule has 2 atom stereocenters. The van der Waals surface area contributed by atoms with Gasteiger partial charge in [0, 0.05) is 50.9 Å². The summed E-state index contributed by atoms with van der Waals surface area (Å²) in [5.41, 5.74) is 2.50. The number of likely N-dealkylation sites (N-methyl/N-ethyl adjacent to an activating group) is 1. The number of aliphatic imine (C=N–C) groups is 1. The maximum atomic E-state index is 5.98. The number of hydrogen-bond donors (Lipinski definition) is 2. The first-order valence-electron chi connectivity index (χ1n) is 11.2. The fourth-order valence-electron chi connectivity index (χ4n) is 3.94. The second kappa shape index (κ2) is 13.6. The van der Waals surface area contributed by atoms with Crippen LogP contribution in [0.3, 0.4) is 0 Å². The maximum absolute atomic E-state index is 5.98. The third-order valence-corrected chi connectivity index (χ3v) is 5.71. The van der Waals surface area contributed by atoms with Gasteiger partial charge in [-0.05, 0) is 39.1 Å². The van der Waals surface area contributed by atoms with Crippen LogP contribution in [0, 0.1) is 0 Å². The van der Waals surface area contributed by atoms with E-state index in [4.69, 9.17) is 4.74 Å². The van der Waals surface area contributed by atoms with Crippen LogP contribution < -0.4 is 15.4 Å². The van der Waals surface area contributed by atoms with Gasteiger partial charge in [-0.15, -0.1) is 24.0 Å². The summed E-state index contributed by atoms with van der Waals surface area (Å²) in [6.45, 7) is 6.55. The molecule has 0 saturated carbocycles. The molecule has 1 heterocycles.